The number of benzene rings is 2. The van der Waals surface area contributed by atoms with E-state index in [4.69, 9.17) is 30.9 Å². The highest BCUT2D eigenvalue weighted by molar-refractivity contribution is 6.30. The van der Waals surface area contributed by atoms with E-state index >= 15 is 0 Å². The fourth-order valence-electron chi connectivity index (χ4n) is 3.97. The summed E-state index contributed by atoms with van der Waals surface area (Å²) in [6.45, 7) is 0. The van der Waals surface area contributed by atoms with Gasteiger partial charge in [0.2, 0.25) is 5.91 Å². The first-order chi connectivity index (χ1) is 16.8. The lowest BCUT2D eigenvalue weighted by molar-refractivity contribution is -0.141. The first-order valence-electron chi connectivity index (χ1n) is 10.8. The van der Waals surface area contributed by atoms with Crippen molar-refractivity contribution < 1.29 is 28.9 Å². The van der Waals surface area contributed by atoms with Crippen LogP contribution in [0.3, 0.4) is 0 Å². The summed E-state index contributed by atoms with van der Waals surface area (Å²) in [5, 5.41) is 16.0. The second kappa shape index (κ2) is 10.2. The molecule has 1 aliphatic rings. The Morgan fingerprint density at radius 1 is 1.00 bits per heavy atom. The van der Waals surface area contributed by atoms with Crippen LogP contribution >= 0.6 is 11.6 Å². The lowest BCUT2D eigenvalue weighted by atomic mass is 9.98. The normalized spacial score (nSPS) is 15.1. The molecule has 0 fully saturated rings. The molecule has 0 aliphatic carbocycles. The number of amides is 1. The van der Waals surface area contributed by atoms with Gasteiger partial charge in [-0.3, -0.25) is 9.59 Å². The molecule has 2 heterocycles. The van der Waals surface area contributed by atoms with Crippen molar-refractivity contribution in [2.24, 2.45) is 5.10 Å². The van der Waals surface area contributed by atoms with Crippen LogP contribution in [-0.2, 0) is 9.59 Å². The second-order valence-corrected chi connectivity index (χ2v) is 8.29. The van der Waals surface area contributed by atoms with Crippen LogP contribution < -0.4 is 14.2 Å². The molecule has 1 aromatic heterocycles. The van der Waals surface area contributed by atoms with E-state index in [1.54, 1.807) is 51.7 Å². The van der Waals surface area contributed by atoms with Crippen LogP contribution in [0.4, 0.5) is 0 Å². The number of halogens is 1. The molecule has 1 amide bonds. The van der Waals surface area contributed by atoms with Crippen LogP contribution in [0.1, 0.15) is 36.4 Å². The summed E-state index contributed by atoms with van der Waals surface area (Å²) in [5.41, 5.74) is 2.61. The summed E-state index contributed by atoms with van der Waals surface area (Å²) in [6.07, 6.45) is -0.163. The summed E-state index contributed by atoms with van der Waals surface area (Å²) in [4.78, 5) is 28.6. The van der Waals surface area contributed by atoms with Crippen LogP contribution in [0.25, 0.3) is 10.9 Å². The number of aliphatic carboxylic acids is 1. The van der Waals surface area contributed by atoms with E-state index < -0.39 is 17.9 Å². The summed E-state index contributed by atoms with van der Waals surface area (Å²) in [5.74, 6) is 0.324. The van der Waals surface area contributed by atoms with Crippen molar-refractivity contribution in [3.63, 3.8) is 0 Å². The van der Waals surface area contributed by atoms with Gasteiger partial charge in [0.25, 0.3) is 0 Å². The molecular formula is C25H24ClN3O6. The van der Waals surface area contributed by atoms with E-state index in [-0.39, 0.29) is 18.0 Å². The predicted octanol–water partition coefficient (Wildman–Crippen LogP) is 4.46. The smallest absolute Gasteiger partial charge is 0.303 e. The van der Waals surface area contributed by atoms with Gasteiger partial charge in [-0.25, -0.2) is 9.99 Å². The quantitative estimate of drug-likeness (QED) is 0.457. The number of nitrogens with zero attached hydrogens (tertiary/aromatic N) is 3. The Hall–Kier alpha value is -3.85. The number of carboxylic acid groups (broad SMARTS) is 1. The number of ether oxygens (including phenoxy) is 3. The number of carbonyl (C=O) groups excluding carboxylic acids is 1. The van der Waals surface area contributed by atoms with Gasteiger partial charge in [0.15, 0.2) is 0 Å². The van der Waals surface area contributed by atoms with Gasteiger partial charge in [0, 0.05) is 35.4 Å². The molecule has 1 atom stereocenters. The first kappa shape index (κ1) is 24.3. The minimum atomic E-state index is -1.06. The number of hydrogen-bond donors (Lipinski definition) is 1. The topological polar surface area (TPSA) is 111 Å². The molecule has 0 saturated carbocycles. The Morgan fingerprint density at radius 3 is 2.31 bits per heavy atom. The van der Waals surface area contributed by atoms with Gasteiger partial charge < -0.3 is 19.3 Å². The molecule has 35 heavy (non-hydrogen) atoms. The van der Waals surface area contributed by atoms with Gasteiger partial charge in [-0.05, 0) is 36.4 Å². The van der Waals surface area contributed by atoms with Gasteiger partial charge in [-0.15, -0.1) is 0 Å². The minimum absolute atomic E-state index is 0.198. The van der Waals surface area contributed by atoms with Gasteiger partial charge >= 0.3 is 5.97 Å². The van der Waals surface area contributed by atoms with Crippen LogP contribution in [0.15, 0.2) is 47.6 Å². The lowest BCUT2D eigenvalue weighted by Crippen LogP contribution is -2.27. The lowest BCUT2D eigenvalue weighted by Gasteiger charge is -2.23. The van der Waals surface area contributed by atoms with Crippen molar-refractivity contribution in [1.29, 1.82) is 0 Å². The predicted molar refractivity (Wildman–Crippen MR) is 130 cm³/mol. The summed E-state index contributed by atoms with van der Waals surface area (Å²) in [6, 6.07) is 12.1. The van der Waals surface area contributed by atoms with E-state index in [2.05, 4.69) is 10.1 Å². The number of rotatable bonds is 8. The third-order valence-corrected chi connectivity index (χ3v) is 6.07. The zero-order valence-corrected chi connectivity index (χ0v) is 20.2. The molecule has 0 spiro atoms. The molecule has 1 aliphatic heterocycles. The maximum absolute atomic E-state index is 13.1. The molecular weight excluding hydrogens is 474 g/mol. The number of pyridine rings is 1. The molecule has 1 N–H and O–H groups in total. The number of aromatic nitrogens is 1. The monoisotopic (exact) mass is 497 g/mol. The van der Waals surface area contributed by atoms with Crippen molar-refractivity contribution in [3.05, 3.63) is 58.7 Å². The van der Waals surface area contributed by atoms with E-state index in [0.29, 0.717) is 46.0 Å². The highest BCUT2D eigenvalue weighted by Gasteiger charge is 2.35. The number of fused-ring (bicyclic) bond motifs is 1. The van der Waals surface area contributed by atoms with E-state index in [1.807, 2.05) is 12.1 Å². The zero-order chi connectivity index (χ0) is 25.1. The van der Waals surface area contributed by atoms with Crippen LogP contribution in [0.5, 0.6) is 17.2 Å². The number of hydrazone groups is 1. The second-order valence-electron chi connectivity index (χ2n) is 7.93. The third kappa shape index (κ3) is 5.14. The fourth-order valence-corrected chi connectivity index (χ4v) is 4.24. The fraction of sp³-hybridized carbons (Fsp3) is 0.280. The maximum atomic E-state index is 13.1. The highest BCUT2D eigenvalue weighted by atomic mass is 35.5. The van der Waals surface area contributed by atoms with E-state index in [1.165, 1.54) is 5.01 Å². The molecule has 0 bridgehead atoms. The molecule has 10 heteroatoms. The molecule has 9 nitrogen and oxygen atoms in total. The van der Waals surface area contributed by atoms with Crippen molar-refractivity contribution in [3.8, 4) is 17.2 Å². The zero-order valence-electron chi connectivity index (χ0n) is 19.4. The van der Waals surface area contributed by atoms with Crippen molar-refractivity contribution >= 4 is 40.1 Å². The Balaban J connectivity index is 1.78. The molecule has 1 unspecified atom stereocenters. The van der Waals surface area contributed by atoms with Crippen molar-refractivity contribution in [1.82, 2.24) is 9.99 Å². The summed E-state index contributed by atoms with van der Waals surface area (Å²) in [7, 11) is 4.68. The first-order valence-corrected chi connectivity index (χ1v) is 11.2. The highest BCUT2D eigenvalue weighted by Crippen LogP contribution is 2.39. The average molecular weight is 498 g/mol. The SMILES string of the molecule is COc1cc(OC)cc(C2=NN(C(=O)CCC(=O)O)C(c3cc4cc(OC)ccc4nc3Cl)C2)c1. The number of hydrogen-bond acceptors (Lipinski definition) is 7. The molecule has 0 saturated heterocycles. The Kier molecular flexibility index (Phi) is 7.07. The van der Waals surface area contributed by atoms with Crippen molar-refractivity contribution in [2.75, 3.05) is 21.3 Å². The largest absolute Gasteiger partial charge is 0.497 e. The van der Waals surface area contributed by atoms with Crippen LogP contribution in [0, 0.1) is 0 Å². The number of carboxylic acids is 1. The molecule has 0 radical (unpaired) electrons. The molecule has 4 rings (SSSR count). The molecule has 182 valence electrons. The van der Waals surface area contributed by atoms with Crippen molar-refractivity contribution in [2.45, 2.75) is 25.3 Å². The summed E-state index contributed by atoms with van der Waals surface area (Å²) >= 11 is 6.58. The Labute approximate surface area is 206 Å². The molecule has 2 aromatic carbocycles. The molecule has 3 aromatic rings. The summed E-state index contributed by atoms with van der Waals surface area (Å²) < 4.78 is 16.1. The third-order valence-electron chi connectivity index (χ3n) is 5.76. The Morgan fingerprint density at radius 2 is 1.69 bits per heavy atom. The average Bonchev–Trinajstić information content (AvgIpc) is 3.31. The van der Waals surface area contributed by atoms with Crippen LogP contribution in [0.2, 0.25) is 5.15 Å². The standard InChI is InChI=1S/C25H24ClN3O6/c1-33-16-4-5-20-15(8-16)11-19(25(26)27-20)22-13-21(28-29(22)23(30)6-7-24(31)32)14-9-17(34-2)12-18(10-14)35-3/h4-5,8-12,22H,6-7,13H2,1-3H3,(H,31,32). The van der Waals surface area contributed by atoms with Gasteiger partial charge in [-0.2, -0.15) is 5.10 Å². The van der Waals surface area contributed by atoms with Gasteiger partial charge in [0.05, 0.1) is 45.0 Å². The van der Waals surface area contributed by atoms with Crippen LogP contribution in [-0.4, -0.2) is 54.0 Å². The van der Waals surface area contributed by atoms with E-state index in [0.717, 1.165) is 5.39 Å². The van der Waals surface area contributed by atoms with E-state index in [9.17, 15) is 9.59 Å². The van der Waals surface area contributed by atoms with Gasteiger partial charge in [-0.1, -0.05) is 11.6 Å². The number of carbonyl (C=O) groups is 2. The minimum Gasteiger partial charge on any atom is -0.497 e. The Bertz CT molecular complexity index is 1300. The maximum Gasteiger partial charge on any atom is 0.303 e. The van der Waals surface area contributed by atoms with Gasteiger partial charge in [0.1, 0.15) is 22.4 Å². The number of methoxy groups -OCH3 is 3.